The highest BCUT2D eigenvalue weighted by molar-refractivity contribution is 5.88. The molecule has 0 saturated carbocycles. The fraction of sp³-hybridized carbons (Fsp3) is 0.276. The number of halogens is 1. The largest absolute Gasteiger partial charge is 0.361 e. The lowest BCUT2D eigenvalue weighted by molar-refractivity contribution is -0.121. The second-order valence-electron chi connectivity index (χ2n) is 8.74. The predicted octanol–water partition coefficient (Wildman–Crippen LogP) is 6.53. The first-order valence-electron chi connectivity index (χ1n) is 11.7. The van der Waals surface area contributed by atoms with Gasteiger partial charge in [-0.15, -0.1) is 0 Å². The van der Waals surface area contributed by atoms with Gasteiger partial charge in [-0.3, -0.25) is 4.79 Å². The summed E-state index contributed by atoms with van der Waals surface area (Å²) in [6.45, 7) is 4.17. The van der Waals surface area contributed by atoms with Gasteiger partial charge in [0.05, 0.1) is 0 Å². The lowest BCUT2D eigenvalue weighted by atomic mass is 9.87. The van der Waals surface area contributed by atoms with E-state index in [-0.39, 0.29) is 30.1 Å². The fourth-order valence-corrected chi connectivity index (χ4v) is 4.57. The van der Waals surface area contributed by atoms with Gasteiger partial charge in [0, 0.05) is 35.5 Å². The number of amides is 1. The van der Waals surface area contributed by atoms with Gasteiger partial charge in [-0.1, -0.05) is 67.6 Å². The topological polar surface area (TPSA) is 44.9 Å². The fourth-order valence-electron chi connectivity index (χ4n) is 4.57. The zero-order valence-corrected chi connectivity index (χ0v) is 19.3. The van der Waals surface area contributed by atoms with E-state index in [9.17, 15) is 9.18 Å². The summed E-state index contributed by atoms with van der Waals surface area (Å²) in [6, 6.07) is 23.2. The van der Waals surface area contributed by atoms with Crippen LogP contribution in [-0.4, -0.2) is 16.9 Å². The Morgan fingerprint density at radius 1 is 1.03 bits per heavy atom. The molecule has 0 aliphatic carbocycles. The van der Waals surface area contributed by atoms with Crippen LogP contribution in [0.5, 0.6) is 0 Å². The molecule has 4 rings (SSSR count). The molecular formula is C29H31FN2O. The van der Waals surface area contributed by atoms with Crippen LogP contribution in [0.4, 0.5) is 4.39 Å². The molecule has 3 aromatic carbocycles. The summed E-state index contributed by atoms with van der Waals surface area (Å²) >= 11 is 0. The maximum atomic E-state index is 14.1. The number of carbonyl (C=O) groups is 1. The van der Waals surface area contributed by atoms with Gasteiger partial charge in [0.25, 0.3) is 0 Å². The maximum Gasteiger partial charge on any atom is 0.221 e. The first-order valence-corrected chi connectivity index (χ1v) is 11.7. The monoisotopic (exact) mass is 442 g/mol. The third kappa shape index (κ3) is 5.51. The number of aromatic amines is 1. The number of hydrogen-bond donors (Lipinski definition) is 2. The van der Waals surface area contributed by atoms with E-state index in [2.05, 4.69) is 41.5 Å². The van der Waals surface area contributed by atoms with Crippen molar-refractivity contribution in [3.63, 3.8) is 0 Å². The predicted molar refractivity (Wildman–Crippen MR) is 133 cm³/mol. The van der Waals surface area contributed by atoms with Gasteiger partial charge in [0.15, 0.2) is 0 Å². The standard InChI is InChI=1S/C29H31FN2O/c1-3-22-11-8-14-25-27(19-31-29(22)25)26(23-12-7-13-24(30)17-23)18-28(33)32-20(2)15-16-21-9-5-4-6-10-21/h4-14,17,19-20,26,31H,3,15-16,18H2,1-2H3,(H,32,33). The molecular weight excluding hydrogens is 411 g/mol. The average molecular weight is 443 g/mol. The molecule has 0 fully saturated rings. The molecule has 3 nitrogen and oxygen atoms in total. The minimum atomic E-state index is -0.289. The number of rotatable bonds is 9. The first kappa shape index (κ1) is 22.8. The zero-order valence-electron chi connectivity index (χ0n) is 19.3. The van der Waals surface area contributed by atoms with Crippen LogP contribution in [0.25, 0.3) is 10.9 Å². The van der Waals surface area contributed by atoms with Gasteiger partial charge in [-0.2, -0.15) is 0 Å². The van der Waals surface area contributed by atoms with E-state index in [0.717, 1.165) is 41.3 Å². The molecule has 0 spiro atoms. The van der Waals surface area contributed by atoms with E-state index in [1.807, 2.05) is 43.5 Å². The van der Waals surface area contributed by atoms with Gasteiger partial charge < -0.3 is 10.3 Å². The molecule has 4 aromatic rings. The third-order valence-electron chi connectivity index (χ3n) is 6.35. The Balaban J connectivity index is 1.54. The molecule has 33 heavy (non-hydrogen) atoms. The number of carbonyl (C=O) groups excluding carboxylic acids is 1. The van der Waals surface area contributed by atoms with Crippen molar-refractivity contribution < 1.29 is 9.18 Å². The summed E-state index contributed by atoms with van der Waals surface area (Å²) in [7, 11) is 0. The lowest BCUT2D eigenvalue weighted by Gasteiger charge is -2.20. The number of nitrogens with one attached hydrogen (secondary N) is 2. The minimum absolute atomic E-state index is 0.0224. The molecule has 0 saturated heterocycles. The van der Waals surface area contributed by atoms with Gasteiger partial charge in [0.1, 0.15) is 5.82 Å². The second-order valence-corrected chi connectivity index (χ2v) is 8.74. The number of fused-ring (bicyclic) bond motifs is 1. The van der Waals surface area contributed by atoms with Crippen LogP contribution in [0, 0.1) is 5.82 Å². The van der Waals surface area contributed by atoms with E-state index in [1.165, 1.54) is 17.2 Å². The molecule has 0 bridgehead atoms. The van der Waals surface area contributed by atoms with Crippen LogP contribution in [0.15, 0.2) is 79.0 Å². The Labute approximate surface area is 195 Å². The highest BCUT2D eigenvalue weighted by atomic mass is 19.1. The molecule has 1 amide bonds. The molecule has 1 aromatic heterocycles. The second kappa shape index (κ2) is 10.5. The van der Waals surface area contributed by atoms with Crippen molar-refractivity contribution in [1.29, 1.82) is 0 Å². The quantitative estimate of drug-likeness (QED) is 0.304. The van der Waals surface area contributed by atoms with E-state index < -0.39 is 0 Å². The van der Waals surface area contributed by atoms with Crippen LogP contribution in [0.1, 0.15) is 54.9 Å². The summed E-state index contributed by atoms with van der Waals surface area (Å²) in [6.07, 6.45) is 4.94. The van der Waals surface area contributed by atoms with Crippen LogP contribution in [0.3, 0.4) is 0 Å². The van der Waals surface area contributed by atoms with Crippen molar-refractivity contribution in [1.82, 2.24) is 10.3 Å². The van der Waals surface area contributed by atoms with Crippen molar-refractivity contribution in [2.75, 3.05) is 0 Å². The van der Waals surface area contributed by atoms with Crippen LogP contribution in [-0.2, 0) is 17.6 Å². The maximum absolute atomic E-state index is 14.1. The minimum Gasteiger partial charge on any atom is -0.361 e. The Kier molecular flexibility index (Phi) is 7.23. The molecule has 170 valence electrons. The van der Waals surface area contributed by atoms with E-state index >= 15 is 0 Å². The Morgan fingerprint density at radius 2 is 1.82 bits per heavy atom. The van der Waals surface area contributed by atoms with E-state index in [0.29, 0.717) is 0 Å². The highest BCUT2D eigenvalue weighted by Crippen LogP contribution is 2.35. The summed E-state index contributed by atoms with van der Waals surface area (Å²) in [4.78, 5) is 16.5. The van der Waals surface area contributed by atoms with Gasteiger partial charge in [-0.25, -0.2) is 4.39 Å². The lowest BCUT2D eigenvalue weighted by Crippen LogP contribution is -2.33. The zero-order chi connectivity index (χ0) is 23.2. The van der Waals surface area contributed by atoms with Crippen molar-refractivity contribution in [2.24, 2.45) is 0 Å². The van der Waals surface area contributed by atoms with Crippen molar-refractivity contribution in [3.05, 3.63) is 107 Å². The number of benzene rings is 3. The molecule has 1 heterocycles. The normalized spacial score (nSPS) is 13.1. The number of hydrogen-bond acceptors (Lipinski definition) is 1. The number of H-pyrrole nitrogens is 1. The molecule has 4 heteroatoms. The highest BCUT2D eigenvalue weighted by Gasteiger charge is 2.23. The molecule has 0 radical (unpaired) electrons. The van der Waals surface area contributed by atoms with Crippen LogP contribution in [0.2, 0.25) is 0 Å². The molecule has 2 unspecified atom stereocenters. The molecule has 2 atom stereocenters. The van der Waals surface area contributed by atoms with Crippen molar-refractivity contribution >= 4 is 16.8 Å². The number of para-hydroxylation sites is 1. The average Bonchev–Trinajstić information content (AvgIpc) is 3.26. The van der Waals surface area contributed by atoms with Crippen LogP contribution < -0.4 is 5.32 Å². The summed E-state index contributed by atoms with van der Waals surface area (Å²) < 4.78 is 14.1. The van der Waals surface area contributed by atoms with Crippen molar-refractivity contribution in [3.8, 4) is 0 Å². The Bertz CT molecular complexity index is 1210. The Morgan fingerprint density at radius 3 is 2.58 bits per heavy atom. The van der Waals surface area contributed by atoms with E-state index in [1.54, 1.807) is 12.1 Å². The molecule has 2 N–H and O–H groups in total. The SMILES string of the molecule is CCc1cccc2c(C(CC(=O)NC(C)CCc3ccccc3)c3cccc(F)c3)c[nH]c12. The smallest absolute Gasteiger partial charge is 0.221 e. The van der Waals surface area contributed by atoms with E-state index in [4.69, 9.17) is 0 Å². The van der Waals surface area contributed by atoms with Crippen molar-refractivity contribution in [2.45, 2.75) is 51.5 Å². The third-order valence-corrected chi connectivity index (χ3v) is 6.35. The molecule has 0 aliphatic rings. The first-order chi connectivity index (χ1) is 16.0. The Hall–Kier alpha value is -3.40. The number of aromatic nitrogens is 1. The van der Waals surface area contributed by atoms with Gasteiger partial charge in [0.2, 0.25) is 5.91 Å². The number of aryl methyl sites for hydroxylation is 2. The van der Waals surface area contributed by atoms with Gasteiger partial charge >= 0.3 is 0 Å². The summed E-state index contributed by atoms with van der Waals surface area (Å²) in [5.74, 6) is -0.545. The van der Waals surface area contributed by atoms with Gasteiger partial charge in [-0.05, 0) is 60.6 Å². The summed E-state index contributed by atoms with van der Waals surface area (Å²) in [5.41, 5.74) is 5.42. The summed E-state index contributed by atoms with van der Waals surface area (Å²) in [5, 5.41) is 4.25. The van der Waals surface area contributed by atoms with Crippen LogP contribution >= 0.6 is 0 Å². The molecule has 0 aliphatic heterocycles.